The molecule has 1 N–H and O–H groups in total. The molecule has 0 amide bonds. The molecular formula is C15H22ClN5. The number of aryl methyl sites for hydroxylation is 2. The van der Waals surface area contributed by atoms with Gasteiger partial charge in [-0.25, -0.2) is 4.98 Å². The third-order valence-corrected chi connectivity index (χ3v) is 4.00. The quantitative estimate of drug-likeness (QED) is 0.937. The molecule has 2 aromatic rings. The van der Waals surface area contributed by atoms with E-state index < -0.39 is 0 Å². The number of nitrogens with zero attached hydrogens (tertiary/aromatic N) is 4. The van der Waals surface area contributed by atoms with Crippen LogP contribution in [0.4, 0.5) is 0 Å². The monoisotopic (exact) mass is 307 g/mol. The average Bonchev–Trinajstić information content (AvgIpc) is 2.88. The van der Waals surface area contributed by atoms with Gasteiger partial charge in [0.25, 0.3) is 0 Å². The van der Waals surface area contributed by atoms with Crippen molar-refractivity contribution >= 4 is 12.4 Å². The van der Waals surface area contributed by atoms with Crippen molar-refractivity contribution in [2.75, 3.05) is 19.6 Å². The Bertz CT molecular complexity index is 583. The van der Waals surface area contributed by atoms with Crippen LogP contribution in [0.1, 0.15) is 23.1 Å². The van der Waals surface area contributed by atoms with E-state index in [-0.39, 0.29) is 12.4 Å². The van der Waals surface area contributed by atoms with Gasteiger partial charge in [-0.3, -0.25) is 9.88 Å². The van der Waals surface area contributed by atoms with Gasteiger partial charge in [-0.2, -0.15) is 0 Å². The lowest BCUT2D eigenvalue weighted by Crippen LogP contribution is -2.46. The number of hydrogen-bond donors (Lipinski definition) is 1. The molecule has 1 unspecified atom stereocenters. The van der Waals surface area contributed by atoms with E-state index in [2.05, 4.69) is 44.8 Å². The second-order valence-corrected chi connectivity index (χ2v) is 5.33. The SMILES string of the molecule is Cc1ncccc1CN1CCNCC1c1nccn1C.Cl. The number of rotatable bonds is 3. The summed E-state index contributed by atoms with van der Waals surface area (Å²) in [6.07, 6.45) is 5.74. The molecule has 1 aliphatic rings. The number of aromatic nitrogens is 3. The van der Waals surface area contributed by atoms with Crippen molar-refractivity contribution in [3.05, 3.63) is 47.8 Å². The highest BCUT2D eigenvalue weighted by Crippen LogP contribution is 2.23. The van der Waals surface area contributed by atoms with Crippen LogP contribution in [0.15, 0.2) is 30.7 Å². The summed E-state index contributed by atoms with van der Waals surface area (Å²) in [4.78, 5) is 11.4. The van der Waals surface area contributed by atoms with E-state index >= 15 is 0 Å². The van der Waals surface area contributed by atoms with Crippen LogP contribution in [-0.4, -0.2) is 39.1 Å². The first-order chi connectivity index (χ1) is 9.75. The molecule has 0 saturated carbocycles. The minimum Gasteiger partial charge on any atom is -0.337 e. The summed E-state index contributed by atoms with van der Waals surface area (Å²) >= 11 is 0. The predicted molar refractivity (Wildman–Crippen MR) is 85.5 cm³/mol. The number of pyridine rings is 1. The fraction of sp³-hybridized carbons (Fsp3) is 0.467. The third kappa shape index (κ3) is 3.43. The van der Waals surface area contributed by atoms with Crippen LogP contribution in [0.3, 0.4) is 0 Å². The van der Waals surface area contributed by atoms with E-state index in [0.717, 1.165) is 37.7 Å². The van der Waals surface area contributed by atoms with Crippen molar-refractivity contribution in [2.45, 2.75) is 19.5 Å². The second-order valence-electron chi connectivity index (χ2n) is 5.33. The summed E-state index contributed by atoms with van der Waals surface area (Å²) in [5.41, 5.74) is 2.42. The molecule has 0 aromatic carbocycles. The number of nitrogens with one attached hydrogen (secondary N) is 1. The van der Waals surface area contributed by atoms with Gasteiger partial charge >= 0.3 is 0 Å². The molecular weight excluding hydrogens is 286 g/mol. The van der Waals surface area contributed by atoms with Crippen molar-refractivity contribution < 1.29 is 0 Å². The summed E-state index contributed by atoms with van der Waals surface area (Å²) in [5, 5.41) is 3.47. The Morgan fingerprint density at radius 2 is 2.19 bits per heavy atom. The Balaban J connectivity index is 0.00000161. The Morgan fingerprint density at radius 1 is 1.33 bits per heavy atom. The van der Waals surface area contributed by atoms with Crippen LogP contribution in [0.5, 0.6) is 0 Å². The highest BCUT2D eigenvalue weighted by Gasteiger charge is 2.26. The van der Waals surface area contributed by atoms with Gasteiger partial charge in [-0.05, 0) is 18.6 Å². The van der Waals surface area contributed by atoms with Gasteiger partial charge in [0, 0.05) is 57.5 Å². The van der Waals surface area contributed by atoms with Crippen molar-refractivity contribution in [3.63, 3.8) is 0 Å². The van der Waals surface area contributed by atoms with Crippen LogP contribution in [0, 0.1) is 6.92 Å². The largest absolute Gasteiger partial charge is 0.337 e. The molecule has 0 radical (unpaired) electrons. The molecule has 0 aliphatic carbocycles. The first-order valence-electron chi connectivity index (χ1n) is 7.08. The van der Waals surface area contributed by atoms with Crippen LogP contribution < -0.4 is 5.32 Å². The second kappa shape index (κ2) is 7.02. The minimum absolute atomic E-state index is 0. The molecule has 5 nitrogen and oxygen atoms in total. The molecule has 6 heteroatoms. The molecule has 3 heterocycles. The maximum absolute atomic E-state index is 4.52. The van der Waals surface area contributed by atoms with E-state index in [1.807, 2.05) is 24.7 Å². The van der Waals surface area contributed by atoms with E-state index in [1.54, 1.807) is 0 Å². The summed E-state index contributed by atoms with van der Waals surface area (Å²) in [6, 6.07) is 4.50. The summed E-state index contributed by atoms with van der Waals surface area (Å²) in [7, 11) is 2.06. The smallest absolute Gasteiger partial charge is 0.127 e. The standard InChI is InChI=1S/C15H21N5.ClH/c1-12-13(4-3-5-17-12)11-20-9-6-16-10-14(20)15-18-7-8-19(15)2;/h3-5,7-8,14,16H,6,9-11H2,1-2H3;1H. The normalized spacial score (nSPS) is 19.2. The van der Waals surface area contributed by atoms with Gasteiger partial charge < -0.3 is 9.88 Å². The van der Waals surface area contributed by atoms with E-state index in [9.17, 15) is 0 Å². The predicted octanol–water partition coefficient (Wildman–Crippen LogP) is 1.69. The summed E-state index contributed by atoms with van der Waals surface area (Å²) in [5.74, 6) is 1.12. The Labute approximate surface area is 131 Å². The molecule has 2 aromatic heterocycles. The molecule has 1 fully saturated rings. The Kier molecular flexibility index (Phi) is 5.33. The van der Waals surface area contributed by atoms with E-state index in [0.29, 0.717) is 6.04 Å². The van der Waals surface area contributed by atoms with Gasteiger partial charge in [0.1, 0.15) is 5.82 Å². The Morgan fingerprint density at radius 3 is 2.90 bits per heavy atom. The minimum atomic E-state index is 0. The lowest BCUT2D eigenvalue weighted by molar-refractivity contribution is 0.144. The highest BCUT2D eigenvalue weighted by molar-refractivity contribution is 5.85. The lowest BCUT2D eigenvalue weighted by atomic mass is 10.1. The number of hydrogen-bond acceptors (Lipinski definition) is 4. The van der Waals surface area contributed by atoms with Crippen LogP contribution >= 0.6 is 12.4 Å². The summed E-state index contributed by atoms with van der Waals surface area (Å²) < 4.78 is 2.11. The fourth-order valence-corrected chi connectivity index (χ4v) is 2.79. The first-order valence-corrected chi connectivity index (χ1v) is 7.08. The molecule has 1 atom stereocenters. The fourth-order valence-electron chi connectivity index (χ4n) is 2.79. The van der Waals surface area contributed by atoms with Crippen LogP contribution in [-0.2, 0) is 13.6 Å². The maximum atomic E-state index is 4.52. The topological polar surface area (TPSA) is 46.0 Å². The van der Waals surface area contributed by atoms with Gasteiger partial charge in [0.2, 0.25) is 0 Å². The van der Waals surface area contributed by atoms with Gasteiger partial charge in [-0.1, -0.05) is 6.07 Å². The molecule has 1 saturated heterocycles. The first kappa shape index (κ1) is 15.9. The molecule has 0 bridgehead atoms. The van der Waals surface area contributed by atoms with Crippen molar-refractivity contribution in [1.82, 2.24) is 24.8 Å². The maximum Gasteiger partial charge on any atom is 0.127 e. The zero-order valence-electron chi connectivity index (χ0n) is 12.5. The molecule has 114 valence electrons. The van der Waals surface area contributed by atoms with Gasteiger partial charge in [0.15, 0.2) is 0 Å². The average molecular weight is 308 g/mol. The molecule has 0 spiro atoms. The van der Waals surface area contributed by atoms with Crippen molar-refractivity contribution in [3.8, 4) is 0 Å². The van der Waals surface area contributed by atoms with Crippen molar-refractivity contribution in [1.29, 1.82) is 0 Å². The molecule has 21 heavy (non-hydrogen) atoms. The highest BCUT2D eigenvalue weighted by atomic mass is 35.5. The van der Waals surface area contributed by atoms with Gasteiger partial charge in [0.05, 0.1) is 6.04 Å². The van der Waals surface area contributed by atoms with Crippen molar-refractivity contribution in [2.24, 2.45) is 7.05 Å². The molecule has 1 aliphatic heterocycles. The van der Waals surface area contributed by atoms with Crippen LogP contribution in [0.25, 0.3) is 0 Å². The van der Waals surface area contributed by atoms with E-state index in [1.165, 1.54) is 5.56 Å². The van der Waals surface area contributed by atoms with Crippen LogP contribution in [0.2, 0.25) is 0 Å². The summed E-state index contributed by atoms with van der Waals surface area (Å²) in [6.45, 7) is 6.02. The van der Waals surface area contributed by atoms with Gasteiger partial charge in [-0.15, -0.1) is 12.4 Å². The lowest BCUT2D eigenvalue weighted by Gasteiger charge is -2.35. The van der Waals surface area contributed by atoms with E-state index in [4.69, 9.17) is 0 Å². The molecule has 3 rings (SSSR count). The zero-order chi connectivity index (χ0) is 13.9. The number of imidazole rings is 1. The third-order valence-electron chi connectivity index (χ3n) is 4.00. The number of piperazine rings is 1. The number of halogens is 1. The Hall–Kier alpha value is -1.43. The zero-order valence-corrected chi connectivity index (χ0v) is 13.3.